The Morgan fingerprint density at radius 1 is 1.24 bits per heavy atom. The third kappa shape index (κ3) is 7.49. The summed E-state index contributed by atoms with van der Waals surface area (Å²) in [6.45, 7) is 1.41. The number of benzene rings is 2. The van der Waals surface area contributed by atoms with Crippen molar-refractivity contribution >= 4 is 57.5 Å². The minimum atomic E-state index is -1.67. The van der Waals surface area contributed by atoms with Gasteiger partial charge in [0.15, 0.2) is 0 Å². The molecule has 0 unspecified atom stereocenters. The standard InChI is InChI=1S/C28H29ClFN5O7/c1-34(2)8-3-4-25(36)33-22-11-18-21(12-24(22)42-17-7-9-41-14-17)31-15-32-27(18)35(23(28(39)40)13-26(37)38)16-5-6-20(30)19(29)10-16/h3-6,10-12,15,17,23H,7-9,13-14H2,1-2H3,(H,33,36)(H,37,38)(H,39,40)/b4-3+/t17-,23-/m0/s1. The van der Waals surface area contributed by atoms with Crippen LogP contribution in [0.4, 0.5) is 21.6 Å². The quantitative estimate of drug-likeness (QED) is 0.260. The maximum absolute atomic E-state index is 14.0. The summed E-state index contributed by atoms with van der Waals surface area (Å²) >= 11 is 6.02. The molecular weight excluding hydrogens is 573 g/mol. The number of carbonyl (C=O) groups excluding carboxylic acids is 1. The van der Waals surface area contributed by atoms with Crippen LogP contribution in [0.2, 0.25) is 5.02 Å². The van der Waals surface area contributed by atoms with E-state index in [-0.39, 0.29) is 33.7 Å². The van der Waals surface area contributed by atoms with Crippen LogP contribution in [0.5, 0.6) is 5.75 Å². The number of aliphatic carboxylic acids is 2. The minimum absolute atomic E-state index is 0.00859. The van der Waals surface area contributed by atoms with Crippen LogP contribution in [-0.4, -0.2) is 88.9 Å². The molecule has 0 bridgehead atoms. The monoisotopic (exact) mass is 601 g/mol. The van der Waals surface area contributed by atoms with Crippen LogP contribution in [0.25, 0.3) is 10.9 Å². The van der Waals surface area contributed by atoms with E-state index in [4.69, 9.17) is 21.1 Å². The Kier molecular flexibility index (Phi) is 9.88. The maximum Gasteiger partial charge on any atom is 0.327 e. The Morgan fingerprint density at radius 2 is 2.02 bits per heavy atom. The molecule has 2 heterocycles. The van der Waals surface area contributed by atoms with E-state index in [1.807, 2.05) is 19.0 Å². The lowest BCUT2D eigenvalue weighted by Crippen LogP contribution is -2.40. The van der Waals surface area contributed by atoms with Gasteiger partial charge in [-0.25, -0.2) is 19.2 Å². The van der Waals surface area contributed by atoms with Crippen molar-refractivity contribution in [2.45, 2.75) is 25.0 Å². The fraction of sp³-hybridized carbons (Fsp3) is 0.321. The van der Waals surface area contributed by atoms with Crippen molar-refractivity contribution < 1.29 is 38.5 Å². The van der Waals surface area contributed by atoms with Gasteiger partial charge in [0.2, 0.25) is 5.91 Å². The zero-order valence-electron chi connectivity index (χ0n) is 22.8. The number of fused-ring (bicyclic) bond motifs is 1. The molecular formula is C28H29ClFN5O7. The number of amides is 1. The SMILES string of the molecule is CN(C)C/C=C/C(=O)Nc1cc2c(N(c3ccc(F)c(Cl)c3)[C@@H](CC(=O)O)C(=O)O)ncnc2cc1O[C@H]1CCOC1. The van der Waals surface area contributed by atoms with Crippen LogP contribution in [0.15, 0.2) is 48.8 Å². The van der Waals surface area contributed by atoms with Gasteiger partial charge in [-0.3, -0.25) is 9.59 Å². The van der Waals surface area contributed by atoms with Crippen LogP contribution in [-0.2, 0) is 19.1 Å². The predicted molar refractivity (Wildman–Crippen MR) is 153 cm³/mol. The Labute approximate surface area is 245 Å². The van der Waals surface area contributed by atoms with E-state index in [1.165, 1.54) is 30.6 Å². The van der Waals surface area contributed by atoms with Gasteiger partial charge < -0.3 is 34.8 Å². The van der Waals surface area contributed by atoms with Crippen molar-refractivity contribution in [2.24, 2.45) is 0 Å². The van der Waals surface area contributed by atoms with Gasteiger partial charge in [-0.2, -0.15) is 0 Å². The normalized spacial score (nSPS) is 15.7. The number of aromatic nitrogens is 2. The zero-order chi connectivity index (χ0) is 30.4. The molecule has 222 valence electrons. The summed E-state index contributed by atoms with van der Waals surface area (Å²) in [7, 11) is 3.72. The molecule has 0 spiro atoms. The second-order valence-corrected chi connectivity index (χ2v) is 10.1. The molecule has 4 rings (SSSR count). The van der Waals surface area contributed by atoms with Crippen LogP contribution < -0.4 is 15.0 Å². The molecule has 12 nitrogen and oxygen atoms in total. The van der Waals surface area contributed by atoms with Crippen LogP contribution in [0.1, 0.15) is 12.8 Å². The highest BCUT2D eigenvalue weighted by atomic mass is 35.5. The highest BCUT2D eigenvalue weighted by Gasteiger charge is 2.33. The van der Waals surface area contributed by atoms with Gasteiger partial charge in [-0.15, -0.1) is 0 Å². The molecule has 1 amide bonds. The van der Waals surface area contributed by atoms with Crippen LogP contribution in [0, 0.1) is 5.82 Å². The lowest BCUT2D eigenvalue weighted by atomic mass is 10.1. The average molecular weight is 602 g/mol. The highest BCUT2D eigenvalue weighted by Crippen LogP contribution is 2.39. The van der Waals surface area contributed by atoms with Crippen molar-refractivity contribution in [1.29, 1.82) is 0 Å². The molecule has 14 heteroatoms. The number of nitrogens with zero attached hydrogens (tertiary/aromatic N) is 4. The number of anilines is 3. The number of halogens is 2. The number of likely N-dealkylation sites (N-methyl/N-ethyl adjacent to an activating group) is 1. The molecule has 1 saturated heterocycles. The number of ether oxygens (including phenoxy) is 2. The second-order valence-electron chi connectivity index (χ2n) is 9.74. The maximum atomic E-state index is 14.0. The number of nitrogens with one attached hydrogen (secondary N) is 1. The van der Waals surface area contributed by atoms with Gasteiger partial charge >= 0.3 is 11.9 Å². The smallest absolute Gasteiger partial charge is 0.327 e. The van der Waals surface area contributed by atoms with Gasteiger partial charge in [0.1, 0.15) is 35.9 Å². The summed E-state index contributed by atoms with van der Waals surface area (Å²) in [5.41, 5.74) is 0.635. The Balaban J connectivity index is 1.88. The topological polar surface area (TPSA) is 154 Å². The van der Waals surface area contributed by atoms with Gasteiger partial charge in [0.25, 0.3) is 0 Å². The summed E-state index contributed by atoms with van der Waals surface area (Å²) in [6, 6.07) is 4.91. The Morgan fingerprint density at radius 3 is 2.67 bits per heavy atom. The molecule has 2 atom stereocenters. The van der Waals surface area contributed by atoms with Gasteiger partial charge in [0.05, 0.1) is 35.9 Å². The zero-order valence-corrected chi connectivity index (χ0v) is 23.5. The van der Waals surface area contributed by atoms with Crippen molar-refractivity contribution in [3.8, 4) is 5.75 Å². The molecule has 0 saturated carbocycles. The number of carbonyl (C=O) groups is 3. The fourth-order valence-electron chi connectivity index (χ4n) is 4.33. The molecule has 3 N–H and O–H groups in total. The number of hydrogen-bond acceptors (Lipinski definition) is 9. The van der Waals surface area contributed by atoms with Gasteiger partial charge in [-0.05, 0) is 38.4 Å². The summed E-state index contributed by atoms with van der Waals surface area (Å²) in [6.07, 6.45) is 3.78. The molecule has 1 aromatic heterocycles. The fourth-order valence-corrected chi connectivity index (χ4v) is 4.50. The third-order valence-corrected chi connectivity index (χ3v) is 6.56. The number of carboxylic acid groups (broad SMARTS) is 2. The van der Waals surface area contributed by atoms with Crippen molar-refractivity contribution in [1.82, 2.24) is 14.9 Å². The lowest BCUT2D eigenvalue weighted by molar-refractivity contribution is -0.144. The van der Waals surface area contributed by atoms with Crippen molar-refractivity contribution in [3.05, 3.63) is 59.7 Å². The van der Waals surface area contributed by atoms with E-state index < -0.39 is 36.1 Å². The van der Waals surface area contributed by atoms with E-state index >= 15 is 0 Å². The number of hydrogen-bond donors (Lipinski definition) is 3. The summed E-state index contributed by atoms with van der Waals surface area (Å²) in [5, 5.41) is 22.3. The van der Waals surface area contributed by atoms with Crippen molar-refractivity contribution in [2.75, 3.05) is 44.1 Å². The second kappa shape index (κ2) is 13.6. The van der Waals surface area contributed by atoms with E-state index in [1.54, 1.807) is 12.1 Å². The summed E-state index contributed by atoms with van der Waals surface area (Å²) in [5.74, 6) is -3.75. The van der Waals surface area contributed by atoms with E-state index in [2.05, 4.69) is 15.3 Å². The first-order valence-corrected chi connectivity index (χ1v) is 13.3. The average Bonchev–Trinajstić information content (AvgIpc) is 3.43. The van der Waals surface area contributed by atoms with E-state index in [9.17, 15) is 29.0 Å². The van der Waals surface area contributed by atoms with Crippen LogP contribution in [0.3, 0.4) is 0 Å². The molecule has 2 aromatic carbocycles. The van der Waals surface area contributed by atoms with Gasteiger partial charge in [-0.1, -0.05) is 17.7 Å². The molecule has 1 aliphatic heterocycles. The highest BCUT2D eigenvalue weighted by molar-refractivity contribution is 6.31. The lowest BCUT2D eigenvalue weighted by Gasteiger charge is -2.30. The Bertz CT molecular complexity index is 1510. The Hall–Kier alpha value is -4.33. The molecule has 0 aliphatic carbocycles. The number of carboxylic acids is 2. The predicted octanol–water partition coefficient (Wildman–Crippen LogP) is 3.71. The minimum Gasteiger partial charge on any atom is -0.486 e. The van der Waals surface area contributed by atoms with E-state index in [0.717, 1.165) is 11.0 Å². The first-order chi connectivity index (χ1) is 20.0. The first-order valence-electron chi connectivity index (χ1n) is 12.9. The van der Waals surface area contributed by atoms with Crippen LogP contribution >= 0.6 is 11.6 Å². The van der Waals surface area contributed by atoms with Gasteiger partial charge in [0, 0.05) is 36.2 Å². The molecule has 42 heavy (non-hydrogen) atoms. The summed E-state index contributed by atoms with van der Waals surface area (Å²) in [4.78, 5) is 48.5. The molecule has 1 fully saturated rings. The molecule has 3 aromatic rings. The third-order valence-electron chi connectivity index (χ3n) is 6.27. The molecule has 1 aliphatic rings. The first kappa shape index (κ1) is 30.6. The van der Waals surface area contributed by atoms with Crippen molar-refractivity contribution in [3.63, 3.8) is 0 Å². The molecule has 0 radical (unpaired) electrons. The van der Waals surface area contributed by atoms with E-state index in [0.29, 0.717) is 37.4 Å². The number of rotatable bonds is 12. The largest absolute Gasteiger partial charge is 0.486 e. The summed E-state index contributed by atoms with van der Waals surface area (Å²) < 4.78 is 25.6.